The lowest BCUT2D eigenvalue weighted by molar-refractivity contribution is 0.854. The molecule has 24 heavy (non-hydrogen) atoms. The number of pyridine rings is 1. The highest BCUT2D eigenvalue weighted by Crippen LogP contribution is 2.35. The molecule has 0 aliphatic carbocycles. The van der Waals surface area contributed by atoms with Gasteiger partial charge >= 0.3 is 0 Å². The van der Waals surface area contributed by atoms with E-state index in [-0.39, 0.29) is 0 Å². The number of benzene rings is 1. The van der Waals surface area contributed by atoms with E-state index >= 15 is 0 Å². The van der Waals surface area contributed by atoms with Crippen LogP contribution in [0.1, 0.15) is 42.9 Å². The molecule has 0 atom stereocenters. The van der Waals surface area contributed by atoms with Crippen molar-refractivity contribution in [3.8, 4) is 6.07 Å². The Morgan fingerprint density at radius 2 is 1.96 bits per heavy atom. The predicted molar refractivity (Wildman–Crippen MR) is 97.6 cm³/mol. The third kappa shape index (κ3) is 2.08. The van der Waals surface area contributed by atoms with E-state index in [0.29, 0.717) is 0 Å². The molecule has 0 N–H and O–H groups in total. The molecule has 4 nitrogen and oxygen atoms in total. The molecule has 3 heterocycles. The molecule has 0 saturated carbocycles. The normalized spacial score (nSPS) is 14.6. The highest BCUT2D eigenvalue weighted by molar-refractivity contribution is 5.86. The first kappa shape index (κ1) is 15.0. The Balaban J connectivity index is 2.18. The van der Waals surface area contributed by atoms with Gasteiger partial charge in [-0.1, -0.05) is 25.5 Å². The minimum absolute atomic E-state index is 0.720. The SMILES string of the molecule is CCCc1c(C)c(C#N)c2nc3ccccc3n2c1N1CCCC1. The largest absolute Gasteiger partial charge is 0.357 e. The maximum absolute atomic E-state index is 9.77. The molecule has 0 unspecified atom stereocenters. The summed E-state index contributed by atoms with van der Waals surface area (Å²) in [6.45, 7) is 6.46. The smallest absolute Gasteiger partial charge is 0.157 e. The van der Waals surface area contributed by atoms with Gasteiger partial charge in [-0.05, 0) is 49.4 Å². The Labute approximate surface area is 142 Å². The first-order valence-electron chi connectivity index (χ1n) is 8.84. The molecule has 0 spiro atoms. The summed E-state index contributed by atoms with van der Waals surface area (Å²) in [5.41, 5.74) is 6.00. The van der Waals surface area contributed by atoms with Crippen LogP contribution in [0.3, 0.4) is 0 Å². The van der Waals surface area contributed by atoms with E-state index < -0.39 is 0 Å². The third-order valence-corrected chi connectivity index (χ3v) is 5.11. The molecule has 1 aliphatic rings. The second-order valence-corrected chi connectivity index (χ2v) is 6.62. The van der Waals surface area contributed by atoms with E-state index in [9.17, 15) is 5.26 Å². The standard InChI is InChI=1S/C20H22N4/c1-3-8-15-14(2)16(13-21)19-22-17-9-4-5-10-18(17)24(19)20(15)23-11-6-7-12-23/h4-5,9-10H,3,6-8,11-12H2,1-2H3. The van der Waals surface area contributed by atoms with E-state index in [2.05, 4.69) is 41.4 Å². The van der Waals surface area contributed by atoms with Gasteiger partial charge in [-0.2, -0.15) is 5.26 Å². The molecule has 3 aromatic rings. The van der Waals surface area contributed by atoms with Gasteiger partial charge in [0, 0.05) is 13.1 Å². The summed E-state index contributed by atoms with van der Waals surface area (Å²) in [5.74, 6) is 1.26. The Morgan fingerprint density at radius 1 is 1.21 bits per heavy atom. The van der Waals surface area contributed by atoms with E-state index in [0.717, 1.165) is 53.7 Å². The van der Waals surface area contributed by atoms with Crippen LogP contribution in [-0.2, 0) is 6.42 Å². The van der Waals surface area contributed by atoms with Crippen molar-refractivity contribution in [2.75, 3.05) is 18.0 Å². The van der Waals surface area contributed by atoms with Crippen LogP contribution in [0.2, 0.25) is 0 Å². The highest BCUT2D eigenvalue weighted by atomic mass is 15.2. The minimum atomic E-state index is 0.720. The first-order chi connectivity index (χ1) is 11.8. The topological polar surface area (TPSA) is 44.3 Å². The zero-order valence-electron chi connectivity index (χ0n) is 14.3. The van der Waals surface area contributed by atoms with Gasteiger partial charge in [-0.25, -0.2) is 4.98 Å². The monoisotopic (exact) mass is 318 g/mol. The molecule has 1 aliphatic heterocycles. The van der Waals surface area contributed by atoms with Crippen molar-refractivity contribution in [3.63, 3.8) is 0 Å². The van der Waals surface area contributed by atoms with Crippen LogP contribution < -0.4 is 4.90 Å². The van der Waals surface area contributed by atoms with Crippen molar-refractivity contribution in [2.24, 2.45) is 0 Å². The molecule has 4 rings (SSSR count). The predicted octanol–water partition coefficient (Wildman–Crippen LogP) is 4.22. The van der Waals surface area contributed by atoms with Crippen molar-refractivity contribution in [1.82, 2.24) is 9.38 Å². The number of imidazole rings is 1. The van der Waals surface area contributed by atoms with Gasteiger partial charge < -0.3 is 4.90 Å². The second-order valence-electron chi connectivity index (χ2n) is 6.62. The van der Waals surface area contributed by atoms with E-state index in [4.69, 9.17) is 4.98 Å². The van der Waals surface area contributed by atoms with E-state index in [1.54, 1.807) is 0 Å². The van der Waals surface area contributed by atoms with Crippen LogP contribution in [0.15, 0.2) is 24.3 Å². The zero-order valence-corrected chi connectivity index (χ0v) is 14.3. The maximum Gasteiger partial charge on any atom is 0.157 e. The fourth-order valence-corrected chi connectivity index (χ4v) is 3.97. The van der Waals surface area contributed by atoms with Crippen LogP contribution >= 0.6 is 0 Å². The van der Waals surface area contributed by atoms with Crippen LogP contribution in [0, 0.1) is 18.3 Å². The lowest BCUT2D eigenvalue weighted by Gasteiger charge is -2.25. The summed E-state index contributed by atoms with van der Waals surface area (Å²) >= 11 is 0. The first-order valence-corrected chi connectivity index (χ1v) is 8.84. The molecule has 4 heteroatoms. The summed E-state index contributed by atoms with van der Waals surface area (Å²) in [6, 6.07) is 10.6. The quantitative estimate of drug-likeness (QED) is 0.726. The summed E-state index contributed by atoms with van der Waals surface area (Å²) in [4.78, 5) is 7.28. The molecule has 2 aromatic heterocycles. The average molecular weight is 318 g/mol. The number of fused-ring (bicyclic) bond motifs is 3. The molecule has 0 radical (unpaired) electrons. The average Bonchev–Trinajstić information content (AvgIpc) is 3.24. The van der Waals surface area contributed by atoms with Crippen LogP contribution in [0.5, 0.6) is 0 Å². The number of nitrogens with zero attached hydrogens (tertiary/aromatic N) is 4. The Hall–Kier alpha value is -2.54. The number of nitriles is 1. The van der Waals surface area contributed by atoms with Crippen LogP contribution in [0.25, 0.3) is 16.7 Å². The van der Waals surface area contributed by atoms with Gasteiger partial charge in [0.05, 0.1) is 16.6 Å². The van der Waals surface area contributed by atoms with Crippen LogP contribution in [-0.4, -0.2) is 22.5 Å². The molecular formula is C20H22N4. The number of para-hydroxylation sites is 2. The summed E-state index contributed by atoms with van der Waals surface area (Å²) < 4.78 is 2.23. The Bertz CT molecular complexity index is 955. The summed E-state index contributed by atoms with van der Waals surface area (Å²) in [5, 5.41) is 9.77. The number of aromatic nitrogens is 2. The fraction of sp³-hybridized carbons (Fsp3) is 0.400. The Morgan fingerprint density at radius 3 is 2.67 bits per heavy atom. The molecule has 0 bridgehead atoms. The van der Waals surface area contributed by atoms with Gasteiger partial charge in [0.2, 0.25) is 0 Å². The number of hydrogen-bond acceptors (Lipinski definition) is 3. The number of anilines is 1. The van der Waals surface area contributed by atoms with Gasteiger partial charge in [0.25, 0.3) is 0 Å². The molecular weight excluding hydrogens is 296 g/mol. The Kier molecular flexibility index (Phi) is 3.65. The molecule has 1 fully saturated rings. The van der Waals surface area contributed by atoms with Crippen LogP contribution in [0.4, 0.5) is 5.82 Å². The minimum Gasteiger partial charge on any atom is -0.357 e. The van der Waals surface area contributed by atoms with E-state index in [1.807, 2.05) is 12.1 Å². The van der Waals surface area contributed by atoms with Crippen molar-refractivity contribution in [1.29, 1.82) is 5.26 Å². The van der Waals surface area contributed by atoms with Crippen molar-refractivity contribution < 1.29 is 0 Å². The van der Waals surface area contributed by atoms with Crippen molar-refractivity contribution in [2.45, 2.75) is 39.5 Å². The zero-order chi connectivity index (χ0) is 16.7. The number of rotatable bonds is 3. The van der Waals surface area contributed by atoms with E-state index in [1.165, 1.54) is 24.2 Å². The number of hydrogen-bond donors (Lipinski definition) is 0. The van der Waals surface area contributed by atoms with Crippen molar-refractivity contribution in [3.05, 3.63) is 41.0 Å². The van der Waals surface area contributed by atoms with Gasteiger partial charge in [0.15, 0.2) is 5.65 Å². The maximum atomic E-state index is 9.77. The molecule has 122 valence electrons. The fourth-order valence-electron chi connectivity index (χ4n) is 3.97. The summed E-state index contributed by atoms with van der Waals surface area (Å²) in [6.07, 6.45) is 4.54. The van der Waals surface area contributed by atoms with Gasteiger partial charge in [-0.15, -0.1) is 0 Å². The highest BCUT2D eigenvalue weighted by Gasteiger charge is 2.25. The van der Waals surface area contributed by atoms with Gasteiger partial charge in [0.1, 0.15) is 11.9 Å². The van der Waals surface area contributed by atoms with Gasteiger partial charge in [-0.3, -0.25) is 4.40 Å². The lowest BCUT2D eigenvalue weighted by Crippen LogP contribution is -2.23. The molecule has 1 saturated heterocycles. The lowest BCUT2D eigenvalue weighted by atomic mass is 10.00. The third-order valence-electron chi connectivity index (χ3n) is 5.11. The summed E-state index contributed by atoms with van der Waals surface area (Å²) in [7, 11) is 0. The van der Waals surface area contributed by atoms with Crippen molar-refractivity contribution >= 4 is 22.5 Å². The molecule has 0 amide bonds. The molecule has 1 aromatic carbocycles. The second kappa shape index (κ2) is 5.83.